The third-order valence-corrected chi connectivity index (χ3v) is 9.42. The van der Waals surface area contributed by atoms with Crippen LogP contribution >= 0.6 is 22.6 Å². The number of ether oxygens (including phenoxy) is 2. The van der Waals surface area contributed by atoms with Crippen molar-refractivity contribution < 1.29 is 27.4 Å². The summed E-state index contributed by atoms with van der Waals surface area (Å²) in [5.74, 6) is 1.24. The fourth-order valence-electron chi connectivity index (χ4n) is 5.42. The minimum atomic E-state index is -4.06. The van der Waals surface area contributed by atoms with Crippen LogP contribution in [0.4, 0.5) is 13.2 Å². The van der Waals surface area contributed by atoms with E-state index in [9.17, 15) is 18.0 Å². The molecule has 4 unspecified atom stereocenters. The molecule has 0 aromatic heterocycles. The molecule has 1 aromatic carbocycles. The molecule has 1 aliphatic rings. The zero-order valence-electron chi connectivity index (χ0n) is 23.7. The van der Waals surface area contributed by atoms with Crippen LogP contribution in [0.2, 0.25) is 0 Å². The summed E-state index contributed by atoms with van der Waals surface area (Å²) in [5.41, 5.74) is 2.91. The molecule has 2 rings (SSSR count). The third kappa shape index (κ3) is 9.61. The summed E-state index contributed by atoms with van der Waals surface area (Å²) in [7, 11) is 0. The fourth-order valence-corrected chi connectivity index (χ4v) is 6.10. The maximum atomic E-state index is 12.7. The van der Waals surface area contributed by atoms with Crippen molar-refractivity contribution in [3.8, 4) is 11.5 Å². The lowest BCUT2D eigenvalue weighted by molar-refractivity contribution is -0.171. The Hall–Kier alpha value is -0.990. The van der Waals surface area contributed by atoms with E-state index < -0.39 is 12.1 Å². The Kier molecular flexibility index (Phi) is 12.1. The van der Waals surface area contributed by atoms with E-state index in [0.717, 1.165) is 77.4 Å². The zero-order valence-corrected chi connectivity index (χ0v) is 25.9. The molecule has 0 radical (unpaired) electrons. The first-order valence-electron chi connectivity index (χ1n) is 13.9. The summed E-state index contributed by atoms with van der Waals surface area (Å²) in [6.07, 6.45) is 6.23. The second-order valence-electron chi connectivity index (χ2n) is 11.8. The van der Waals surface area contributed by atoms with E-state index in [1.807, 2.05) is 13.8 Å². The normalized spacial score (nSPS) is 20.1. The lowest BCUT2D eigenvalue weighted by atomic mass is 9.85. The molecule has 7 heteroatoms. The average Bonchev–Trinajstić information content (AvgIpc) is 2.79. The largest absolute Gasteiger partial charge is 0.486 e. The van der Waals surface area contributed by atoms with E-state index in [4.69, 9.17) is 9.47 Å². The van der Waals surface area contributed by atoms with E-state index in [1.54, 1.807) is 0 Å². The van der Waals surface area contributed by atoms with E-state index in [-0.39, 0.29) is 18.0 Å². The van der Waals surface area contributed by atoms with Crippen molar-refractivity contribution in [2.45, 2.75) is 131 Å². The number of alkyl halides is 3. The molecular weight excluding hydrogens is 592 g/mol. The molecule has 0 amide bonds. The number of rotatable bonds is 13. The van der Waals surface area contributed by atoms with Crippen LogP contribution < -0.4 is 9.47 Å². The highest BCUT2D eigenvalue weighted by Crippen LogP contribution is 2.45. The van der Waals surface area contributed by atoms with Crippen LogP contribution in [0.5, 0.6) is 11.5 Å². The minimum absolute atomic E-state index is 0.198. The highest BCUT2D eigenvalue weighted by molar-refractivity contribution is 14.1. The van der Waals surface area contributed by atoms with E-state index in [1.165, 1.54) is 20.3 Å². The SMILES string of the molecule is CC(=O)Oc1c(C)c(I)c2c(c1C)CCC(C)(CCCC(C)CCCC(C)CCCC(C)C(F)(F)F)O2. The van der Waals surface area contributed by atoms with Crippen molar-refractivity contribution >= 4 is 28.6 Å². The summed E-state index contributed by atoms with van der Waals surface area (Å²) in [4.78, 5) is 11.6. The summed E-state index contributed by atoms with van der Waals surface area (Å²) >= 11 is 2.31. The van der Waals surface area contributed by atoms with Gasteiger partial charge in [0.05, 0.1) is 9.49 Å². The van der Waals surface area contributed by atoms with Gasteiger partial charge in [0.15, 0.2) is 0 Å². The zero-order chi connectivity index (χ0) is 28.0. The first kappa shape index (κ1) is 32.2. The number of carbonyl (C=O) groups excluding carboxylic acids is 1. The van der Waals surface area contributed by atoms with Crippen molar-refractivity contribution in [3.63, 3.8) is 0 Å². The molecule has 0 N–H and O–H groups in total. The smallest absolute Gasteiger partial charge is 0.391 e. The predicted octanol–water partition coefficient (Wildman–Crippen LogP) is 9.90. The molecule has 4 atom stereocenters. The Morgan fingerprint density at radius 2 is 1.54 bits per heavy atom. The van der Waals surface area contributed by atoms with Crippen molar-refractivity contribution in [1.82, 2.24) is 0 Å². The first-order valence-corrected chi connectivity index (χ1v) is 15.0. The highest BCUT2D eigenvalue weighted by Gasteiger charge is 2.36. The minimum Gasteiger partial charge on any atom is -0.486 e. The molecule has 0 saturated heterocycles. The summed E-state index contributed by atoms with van der Waals surface area (Å²) in [6.45, 7) is 13.4. The third-order valence-electron chi connectivity index (χ3n) is 8.12. The van der Waals surface area contributed by atoms with Crippen LogP contribution in [0.1, 0.15) is 116 Å². The van der Waals surface area contributed by atoms with Crippen LogP contribution in [0.25, 0.3) is 0 Å². The standard InChI is InChI=1S/C30H46F3IO3/c1-19(13-9-15-21(3)30(31,32)33)11-8-12-20(2)14-10-17-29(7)18-16-25-22(4)27(36-24(6)35)23(5)26(34)28(25)37-29/h19-21H,8-18H2,1-7H3. The summed E-state index contributed by atoms with van der Waals surface area (Å²) < 4.78 is 51.1. The molecule has 0 saturated carbocycles. The van der Waals surface area contributed by atoms with E-state index in [0.29, 0.717) is 24.0 Å². The number of esters is 1. The Morgan fingerprint density at radius 1 is 1.00 bits per heavy atom. The first-order chi connectivity index (χ1) is 17.1. The van der Waals surface area contributed by atoms with Gasteiger partial charge in [-0.15, -0.1) is 0 Å². The van der Waals surface area contributed by atoms with Gasteiger partial charge in [0.25, 0.3) is 0 Å². The van der Waals surface area contributed by atoms with Crippen molar-refractivity contribution in [2.24, 2.45) is 17.8 Å². The maximum absolute atomic E-state index is 12.7. The Labute approximate surface area is 235 Å². The molecule has 1 aliphatic heterocycles. The molecule has 0 bridgehead atoms. The number of carbonyl (C=O) groups is 1. The Balaban J connectivity index is 1.76. The second-order valence-corrected chi connectivity index (χ2v) is 12.8. The van der Waals surface area contributed by atoms with Crippen LogP contribution in [0.3, 0.4) is 0 Å². The topological polar surface area (TPSA) is 35.5 Å². The molecular formula is C30H46F3IO3. The molecule has 0 fully saturated rings. The highest BCUT2D eigenvalue weighted by atomic mass is 127. The van der Waals surface area contributed by atoms with E-state index in [2.05, 4.69) is 43.4 Å². The number of fused-ring (bicyclic) bond motifs is 1. The maximum Gasteiger partial charge on any atom is 0.391 e. The van der Waals surface area contributed by atoms with Crippen LogP contribution in [0, 0.1) is 35.2 Å². The van der Waals surface area contributed by atoms with Gasteiger partial charge in [-0.3, -0.25) is 4.79 Å². The van der Waals surface area contributed by atoms with Gasteiger partial charge in [0.1, 0.15) is 17.1 Å². The lowest BCUT2D eigenvalue weighted by Gasteiger charge is -2.38. The summed E-state index contributed by atoms with van der Waals surface area (Å²) in [5, 5.41) is 0. The second kappa shape index (κ2) is 13.9. The molecule has 1 heterocycles. The number of hydrogen-bond donors (Lipinski definition) is 0. The van der Waals surface area contributed by atoms with Crippen molar-refractivity contribution in [1.29, 1.82) is 0 Å². The number of benzene rings is 1. The lowest BCUT2D eigenvalue weighted by Crippen LogP contribution is -2.37. The number of halogens is 4. The Morgan fingerprint density at radius 3 is 2.08 bits per heavy atom. The quantitative estimate of drug-likeness (QED) is 0.123. The van der Waals surface area contributed by atoms with Crippen LogP contribution in [-0.2, 0) is 11.2 Å². The van der Waals surface area contributed by atoms with Gasteiger partial charge in [-0.25, -0.2) is 0 Å². The predicted molar refractivity (Wildman–Crippen MR) is 152 cm³/mol. The molecule has 212 valence electrons. The molecule has 3 nitrogen and oxygen atoms in total. The van der Waals surface area contributed by atoms with Crippen LogP contribution in [0.15, 0.2) is 0 Å². The fraction of sp³-hybridized carbons (Fsp3) is 0.767. The van der Waals surface area contributed by atoms with Gasteiger partial charge in [-0.1, -0.05) is 59.3 Å². The molecule has 0 aliphatic carbocycles. The Bertz CT molecular complexity index is 915. The van der Waals surface area contributed by atoms with Gasteiger partial charge in [-0.05, 0) is 92.9 Å². The van der Waals surface area contributed by atoms with Crippen molar-refractivity contribution in [2.75, 3.05) is 0 Å². The average molecular weight is 639 g/mol. The van der Waals surface area contributed by atoms with Gasteiger partial charge in [-0.2, -0.15) is 13.2 Å². The molecule has 0 spiro atoms. The molecule has 1 aromatic rings. The molecule has 37 heavy (non-hydrogen) atoms. The van der Waals surface area contributed by atoms with Gasteiger partial charge in [0.2, 0.25) is 0 Å². The van der Waals surface area contributed by atoms with Gasteiger partial charge in [0, 0.05) is 18.1 Å². The summed E-state index contributed by atoms with van der Waals surface area (Å²) in [6, 6.07) is 0. The van der Waals surface area contributed by atoms with Crippen molar-refractivity contribution in [3.05, 3.63) is 20.3 Å². The number of hydrogen-bond acceptors (Lipinski definition) is 3. The monoisotopic (exact) mass is 638 g/mol. The van der Waals surface area contributed by atoms with Crippen LogP contribution in [-0.4, -0.2) is 17.7 Å². The van der Waals surface area contributed by atoms with Gasteiger partial charge < -0.3 is 9.47 Å². The van der Waals surface area contributed by atoms with E-state index >= 15 is 0 Å². The van der Waals surface area contributed by atoms with Gasteiger partial charge >= 0.3 is 12.1 Å².